The molecule has 1 unspecified atom stereocenters. The monoisotopic (exact) mass is 266 g/mol. The second-order valence-corrected chi connectivity index (χ2v) is 4.48. The summed E-state index contributed by atoms with van der Waals surface area (Å²) >= 11 is 5.76. The lowest BCUT2D eigenvalue weighted by molar-refractivity contribution is -0.140. The lowest BCUT2D eigenvalue weighted by Gasteiger charge is -2.10. The Bertz CT molecular complexity index is 530. The molecule has 1 aliphatic rings. The van der Waals surface area contributed by atoms with E-state index in [0.717, 1.165) is 5.56 Å². The molecule has 0 radical (unpaired) electrons. The van der Waals surface area contributed by atoms with Crippen molar-refractivity contribution in [3.05, 3.63) is 46.2 Å². The lowest BCUT2D eigenvalue weighted by Crippen LogP contribution is -2.14. The van der Waals surface area contributed by atoms with Gasteiger partial charge in [0.25, 0.3) is 0 Å². The maximum Gasteiger partial charge on any atom is 0.346 e. The van der Waals surface area contributed by atoms with Gasteiger partial charge in [0.1, 0.15) is 5.57 Å². The Morgan fingerprint density at radius 2 is 2.00 bits per heavy atom. The highest BCUT2D eigenvalue weighted by atomic mass is 35.5. The standard InChI is InChI=1S/C13H11ClO4/c1-7(15)11-12(16)10(18-13(11)17)6-8-2-4-9(14)5-3-8/h2-5,10,16H,6H2,1H3. The Morgan fingerprint density at radius 3 is 2.50 bits per heavy atom. The molecule has 4 nitrogen and oxygen atoms in total. The molecule has 5 heteroatoms. The van der Waals surface area contributed by atoms with Crippen LogP contribution in [0.1, 0.15) is 12.5 Å². The lowest BCUT2D eigenvalue weighted by atomic mass is 10.0. The average molecular weight is 267 g/mol. The van der Waals surface area contributed by atoms with Gasteiger partial charge in [0, 0.05) is 11.4 Å². The number of hydrogen-bond donors (Lipinski definition) is 1. The highest BCUT2D eigenvalue weighted by molar-refractivity contribution is 6.30. The van der Waals surface area contributed by atoms with E-state index in [1.807, 2.05) is 0 Å². The van der Waals surface area contributed by atoms with Crippen molar-refractivity contribution < 1.29 is 19.4 Å². The Hall–Kier alpha value is -1.81. The van der Waals surface area contributed by atoms with Gasteiger partial charge in [-0.25, -0.2) is 4.79 Å². The first-order chi connectivity index (χ1) is 8.49. The molecule has 0 aliphatic carbocycles. The van der Waals surface area contributed by atoms with Crippen molar-refractivity contribution in [1.29, 1.82) is 0 Å². The summed E-state index contributed by atoms with van der Waals surface area (Å²) in [6, 6.07) is 6.96. The number of ether oxygens (including phenoxy) is 1. The smallest absolute Gasteiger partial charge is 0.346 e. The molecule has 1 atom stereocenters. The molecular formula is C13H11ClO4. The molecule has 0 spiro atoms. The molecule has 1 aliphatic heterocycles. The molecule has 0 fully saturated rings. The highest BCUT2D eigenvalue weighted by Gasteiger charge is 2.36. The SMILES string of the molecule is CC(=O)C1=C(O)C(Cc2ccc(Cl)cc2)OC1=O. The van der Waals surface area contributed by atoms with Gasteiger partial charge in [0.2, 0.25) is 0 Å². The first-order valence-electron chi connectivity index (χ1n) is 5.38. The molecule has 1 heterocycles. The Balaban J connectivity index is 2.19. The number of hydrogen-bond acceptors (Lipinski definition) is 4. The molecule has 0 bridgehead atoms. The summed E-state index contributed by atoms with van der Waals surface area (Å²) in [7, 11) is 0. The number of cyclic esters (lactones) is 1. The zero-order chi connectivity index (χ0) is 13.3. The summed E-state index contributed by atoms with van der Waals surface area (Å²) in [5.74, 6) is -1.54. The normalized spacial score (nSPS) is 19.0. The maximum atomic E-state index is 11.4. The van der Waals surface area contributed by atoms with E-state index in [-0.39, 0.29) is 11.3 Å². The number of Topliss-reactive ketones (excluding diaryl/α,β-unsaturated/α-hetero) is 1. The average Bonchev–Trinajstić information content (AvgIpc) is 2.57. The largest absolute Gasteiger partial charge is 0.507 e. The van der Waals surface area contributed by atoms with E-state index in [0.29, 0.717) is 11.4 Å². The number of carbonyl (C=O) groups excluding carboxylic acids is 2. The molecule has 1 aromatic carbocycles. The van der Waals surface area contributed by atoms with Crippen LogP contribution in [0.3, 0.4) is 0 Å². The van der Waals surface area contributed by atoms with Crippen LogP contribution in [-0.4, -0.2) is 23.0 Å². The van der Waals surface area contributed by atoms with Gasteiger partial charge in [-0.3, -0.25) is 4.79 Å². The second kappa shape index (κ2) is 4.82. The first-order valence-corrected chi connectivity index (χ1v) is 5.76. The number of halogens is 1. The number of aliphatic hydroxyl groups is 1. The van der Waals surface area contributed by atoms with Crippen molar-refractivity contribution in [2.45, 2.75) is 19.4 Å². The van der Waals surface area contributed by atoms with E-state index < -0.39 is 17.9 Å². The van der Waals surface area contributed by atoms with Crippen molar-refractivity contribution in [2.75, 3.05) is 0 Å². The summed E-state index contributed by atoms with van der Waals surface area (Å²) in [5.41, 5.74) is 0.600. The van der Waals surface area contributed by atoms with Gasteiger partial charge < -0.3 is 9.84 Å². The Morgan fingerprint density at radius 1 is 1.39 bits per heavy atom. The van der Waals surface area contributed by atoms with Gasteiger partial charge in [0.15, 0.2) is 17.6 Å². The molecular weight excluding hydrogens is 256 g/mol. The van der Waals surface area contributed by atoms with E-state index >= 15 is 0 Å². The topological polar surface area (TPSA) is 63.6 Å². The predicted octanol–water partition coefficient (Wildman–Crippen LogP) is 2.21. The van der Waals surface area contributed by atoms with Crippen LogP contribution in [0.5, 0.6) is 0 Å². The van der Waals surface area contributed by atoms with Crippen LogP contribution in [0, 0.1) is 0 Å². The summed E-state index contributed by atoms with van der Waals surface area (Å²) in [6.07, 6.45) is -0.483. The van der Waals surface area contributed by atoms with Crippen molar-refractivity contribution in [3.8, 4) is 0 Å². The fourth-order valence-electron chi connectivity index (χ4n) is 1.81. The number of ketones is 1. The van der Waals surface area contributed by atoms with E-state index in [9.17, 15) is 14.7 Å². The number of esters is 1. The fourth-order valence-corrected chi connectivity index (χ4v) is 1.93. The maximum absolute atomic E-state index is 11.4. The van der Waals surface area contributed by atoms with Crippen molar-refractivity contribution in [2.24, 2.45) is 0 Å². The number of aliphatic hydroxyl groups excluding tert-OH is 1. The number of benzene rings is 1. The van der Waals surface area contributed by atoms with Crippen LogP contribution in [0.15, 0.2) is 35.6 Å². The van der Waals surface area contributed by atoms with Crippen molar-refractivity contribution in [1.82, 2.24) is 0 Å². The highest BCUT2D eigenvalue weighted by Crippen LogP contribution is 2.24. The summed E-state index contributed by atoms with van der Waals surface area (Å²) in [6.45, 7) is 1.22. The molecule has 1 N–H and O–H groups in total. The minimum Gasteiger partial charge on any atom is -0.507 e. The van der Waals surface area contributed by atoms with Gasteiger partial charge >= 0.3 is 5.97 Å². The quantitative estimate of drug-likeness (QED) is 0.673. The summed E-state index contributed by atoms with van der Waals surface area (Å²) < 4.78 is 4.96. The zero-order valence-corrected chi connectivity index (χ0v) is 10.4. The van der Waals surface area contributed by atoms with Crippen molar-refractivity contribution >= 4 is 23.4 Å². The molecule has 0 aromatic heterocycles. The van der Waals surface area contributed by atoms with Crippen LogP contribution in [0.2, 0.25) is 5.02 Å². The third-order valence-corrected chi connectivity index (χ3v) is 2.95. The number of carbonyl (C=O) groups is 2. The van der Waals surface area contributed by atoms with Gasteiger partial charge in [-0.05, 0) is 24.6 Å². The van der Waals surface area contributed by atoms with Crippen LogP contribution >= 0.6 is 11.6 Å². The molecule has 1 aromatic rings. The van der Waals surface area contributed by atoms with Gasteiger partial charge in [-0.15, -0.1) is 0 Å². The third-order valence-electron chi connectivity index (χ3n) is 2.70. The minimum atomic E-state index is -0.794. The molecule has 18 heavy (non-hydrogen) atoms. The van der Waals surface area contributed by atoms with E-state index in [4.69, 9.17) is 16.3 Å². The van der Waals surface area contributed by atoms with Crippen molar-refractivity contribution in [3.63, 3.8) is 0 Å². The van der Waals surface area contributed by atoms with Crippen LogP contribution < -0.4 is 0 Å². The Kier molecular flexibility index (Phi) is 3.39. The molecule has 0 saturated carbocycles. The van der Waals surface area contributed by atoms with Crippen LogP contribution in [-0.2, 0) is 20.7 Å². The van der Waals surface area contributed by atoms with Gasteiger partial charge in [0.05, 0.1) is 0 Å². The van der Waals surface area contributed by atoms with Gasteiger partial charge in [-0.1, -0.05) is 23.7 Å². The zero-order valence-electron chi connectivity index (χ0n) is 9.64. The van der Waals surface area contributed by atoms with E-state index in [1.165, 1.54) is 6.92 Å². The van der Waals surface area contributed by atoms with Crippen LogP contribution in [0.4, 0.5) is 0 Å². The third kappa shape index (κ3) is 2.38. The van der Waals surface area contributed by atoms with E-state index in [1.54, 1.807) is 24.3 Å². The first kappa shape index (κ1) is 12.6. The van der Waals surface area contributed by atoms with E-state index in [2.05, 4.69) is 0 Å². The second-order valence-electron chi connectivity index (χ2n) is 4.04. The number of rotatable bonds is 3. The minimum absolute atomic E-state index is 0.256. The molecule has 0 amide bonds. The fraction of sp³-hybridized carbons (Fsp3) is 0.231. The molecule has 0 saturated heterocycles. The molecule has 94 valence electrons. The molecule has 2 rings (SSSR count). The summed E-state index contributed by atoms with van der Waals surface area (Å²) in [5, 5.41) is 10.4. The Labute approximate surface area is 109 Å². The van der Waals surface area contributed by atoms with Crippen LogP contribution in [0.25, 0.3) is 0 Å². The summed E-state index contributed by atoms with van der Waals surface area (Å²) in [4.78, 5) is 22.6. The van der Waals surface area contributed by atoms with Gasteiger partial charge in [-0.2, -0.15) is 0 Å². The predicted molar refractivity (Wildman–Crippen MR) is 65.4 cm³/mol.